The Balaban J connectivity index is 4.21. The lowest BCUT2D eigenvalue weighted by Crippen LogP contribution is -2.38. The van der Waals surface area contributed by atoms with Crippen LogP contribution < -0.4 is 0 Å². The second kappa shape index (κ2) is 9.71. The molecule has 0 atom stereocenters. The molecule has 0 aliphatic rings. The minimum absolute atomic E-state index is 0.190. The Morgan fingerprint density at radius 2 is 1.40 bits per heavy atom. The van der Waals surface area contributed by atoms with Crippen molar-refractivity contribution in [1.82, 2.24) is 4.90 Å². The van der Waals surface area contributed by atoms with Crippen LogP contribution in [0.2, 0.25) is 0 Å². The van der Waals surface area contributed by atoms with Crippen molar-refractivity contribution in [3.8, 4) is 0 Å². The molecule has 0 aromatic carbocycles. The van der Waals surface area contributed by atoms with Crippen molar-refractivity contribution >= 4 is 23.6 Å². The monoisotopic (exact) mass is 285 g/mol. The Kier molecular flexibility index (Phi) is 8.65. The smallest absolute Gasteiger partial charge is 0.331 e. The van der Waals surface area contributed by atoms with E-state index in [0.717, 1.165) is 12.2 Å². The third kappa shape index (κ3) is 6.67. The normalized spacial score (nSPS) is 10.2. The van der Waals surface area contributed by atoms with Crippen LogP contribution >= 0.6 is 0 Å². The van der Waals surface area contributed by atoms with Crippen LogP contribution in [0.15, 0.2) is 12.2 Å². The summed E-state index contributed by atoms with van der Waals surface area (Å²) in [7, 11) is 0. The van der Waals surface area contributed by atoms with Crippen molar-refractivity contribution in [2.24, 2.45) is 0 Å². The predicted molar refractivity (Wildman–Crippen MR) is 69.7 cm³/mol. The van der Waals surface area contributed by atoms with Gasteiger partial charge in [0.2, 0.25) is 0 Å². The Morgan fingerprint density at radius 3 is 1.85 bits per heavy atom. The molecule has 1 amide bonds. The van der Waals surface area contributed by atoms with Gasteiger partial charge in [0.25, 0.3) is 11.7 Å². The summed E-state index contributed by atoms with van der Waals surface area (Å²) in [5, 5.41) is 0. The molecule has 0 N–H and O–H groups in total. The van der Waals surface area contributed by atoms with Gasteiger partial charge in [0.15, 0.2) is 6.61 Å². The van der Waals surface area contributed by atoms with Crippen LogP contribution in [0.4, 0.5) is 0 Å². The highest BCUT2D eigenvalue weighted by atomic mass is 16.5. The maximum Gasteiger partial charge on any atom is 0.331 e. The number of rotatable bonds is 8. The maximum atomic E-state index is 11.6. The van der Waals surface area contributed by atoms with Crippen LogP contribution in [0.3, 0.4) is 0 Å². The zero-order chi connectivity index (χ0) is 15.5. The zero-order valence-electron chi connectivity index (χ0n) is 11.9. The molecule has 0 aromatic rings. The molecule has 0 spiro atoms. The molecule has 7 nitrogen and oxygen atoms in total. The molecule has 0 fully saturated rings. The molecule has 112 valence electrons. The van der Waals surface area contributed by atoms with Crippen LogP contribution in [0, 0.1) is 0 Å². The minimum atomic E-state index is -0.890. The molecule has 0 aliphatic carbocycles. The number of hydrogen-bond acceptors (Lipinski definition) is 6. The number of ether oxygens (including phenoxy) is 2. The number of ketones is 1. The summed E-state index contributed by atoms with van der Waals surface area (Å²) in [6.45, 7) is 5.44. The van der Waals surface area contributed by atoms with Gasteiger partial charge >= 0.3 is 11.9 Å². The maximum absolute atomic E-state index is 11.6. The molecule has 20 heavy (non-hydrogen) atoms. The van der Waals surface area contributed by atoms with Crippen LogP contribution in [0.1, 0.15) is 20.8 Å². The highest BCUT2D eigenvalue weighted by Gasteiger charge is 2.20. The van der Waals surface area contributed by atoms with Crippen molar-refractivity contribution in [2.75, 3.05) is 26.3 Å². The molecular formula is C13H19NO6. The largest absolute Gasteiger partial charge is 0.463 e. The number of hydrogen-bond donors (Lipinski definition) is 0. The van der Waals surface area contributed by atoms with Gasteiger partial charge in [-0.25, -0.2) is 9.59 Å². The number of carbonyl (C=O) groups excluding carboxylic acids is 4. The van der Waals surface area contributed by atoms with Gasteiger partial charge in [0.05, 0.1) is 6.61 Å². The Hall–Kier alpha value is -2.18. The summed E-state index contributed by atoms with van der Waals surface area (Å²) in [4.78, 5) is 46.5. The highest BCUT2D eigenvalue weighted by molar-refractivity contribution is 6.36. The lowest BCUT2D eigenvalue weighted by Gasteiger charge is -2.16. The van der Waals surface area contributed by atoms with E-state index in [1.807, 2.05) is 0 Å². The molecule has 7 heteroatoms. The Labute approximate surface area is 117 Å². The van der Waals surface area contributed by atoms with Crippen LogP contribution in [-0.2, 0) is 28.7 Å². The van der Waals surface area contributed by atoms with Gasteiger partial charge in [0.1, 0.15) is 0 Å². The summed E-state index contributed by atoms with van der Waals surface area (Å²) in [6.07, 6.45) is 1.73. The molecule has 0 rings (SSSR count). The number of carbonyl (C=O) groups is 4. The average molecular weight is 285 g/mol. The fourth-order valence-corrected chi connectivity index (χ4v) is 1.26. The van der Waals surface area contributed by atoms with Crippen molar-refractivity contribution in [3.63, 3.8) is 0 Å². The van der Waals surface area contributed by atoms with E-state index in [1.165, 1.54) is 4.90 Å². The molecule has 0 bridgehead atoms. The second-order valence-electron chi connectivity index (χ2n) is 3.59. The second-order valence-corrected chi connectivity index (χ2v) is 3.59. The first kappa shape index (κ1) is 17.8. The third-order valence-electron chi connectivity index (χ3n) is 2.28. The van der Waals surface area contributed by atoms with Gasteiger partial charge in [-0.3, -0.25) is 9.59 Å². The van der Waals surface area contributed by atoms with E-state index >= 15 is 0 Å². The van der Waals surface area contributed by atoms with Crippen LogP contribution in [0.5, 0.6) is 0 Å². The molecule has 0 aromatic heterocycles. The highest BCUT2D eigenvalue weighted by Crippen LogP contribution is 1.93. The number of nitrogens with zero attached hydrogens (tertiary/aromatic N) is 1. The minimum Gasteiger partial charge on any atom is -0.463 e. The molecule has 0 saturated carbocycles. The van der Waals surface area contributed by atoms with Crippen molar-refractivity contribution in [3.05, 3.63) is 12.2 Å². The first-order chi connectivity index (χ1) is 9.46. The SMILES string of the molecule is CCOC(=O)/C=C/C(=O)OCC(=O)C(=O)N(CC)CC. The fourth-order valence-electron chi connectivity index (χ4n) is 1.26. The van der Waals surface area contributed by atoms with E-state index < -0.39 is 30.2 Å². The van der Waals surface area contributed by atoms with E-state index in [1.54, 1.807) is 20.8 Å². The molecule has 0 radical (unpaired) electrons. The lowest BCUT2D eigenvalue weighted by atomic mass is 10.3. The number of Topliss-reactive ketones (excluding diaryl/α,β-unsaturated/α-hetero) is 1. The summed E-state index contributed by atoms with van der Waals surface area (Å²) >= 11 is 0. The van der Waals surface area contributed by atoms with E-state index in [4.69, 9.17) is 0 Å². The van der Waals surface area contributed by atoms with Crippen molar-refractivity contribution in [1.29, 1.82) is 0 Å². The Morgan fingerprint density at radius 1 is 0.900 bits per heavy atom. The van der Waals surface area contributed by atoms with Gasteiger partial charge in [0, 0.05) is 25.2 Å². The van der Waals surface area contributed by atoms with Gasteiger partial charge < -0.3 is 14.4 Å². The molecule has 0 aliphatic heterocycles. The van der Waals surface area contributed by atoms with E-state index in [-0.39, 0.29) is 6.61 Å². The first-order valence-electron chi connectivity index (χ1n) is 6.29. The Bertz CT molecular complexity index is 398. The molecule has 0 unspecified atom stereocenters. The van der Waals surface area contributed by atoms with E-state index in [2.05, 4.69) is 9.47 Å². The summed E-state index contributed by atoms with van der Waals surface area (Å²) < 4.78 is 9.12. The van der Waals surface area contributed by atoms with Crippen LogP contribution in [0.25, 0.3) is 0 Å². The average Bonchev–Trinajstić information content (AvgIpc) is 2.44. The number of likely N-dealkylation sites (N-methyl/N-ethyl adjacent to an activating group) is 1. The van der Waals surface area contributed by atoms with E-state index in [9.17, 15) is 19.2 Å². The number of esters is 2. The van der Waals surface area contributed by atoms with Gasteiger partial charge in [-0.1, -0.05) is 0 Å². The summed E-state index contributed by atoms with van der Waals surface area (Å²) in [5.74, 6) is -3.09. The predicted octanol–water partition coefficient (Wildman–Crippen LogP) is 0.0864. The number of amides is 1. The summed E-state index contributed by atoms with van der Waals surface area (Å²) in [5.41, 5.74) is 0. The van der Waals surface area contributed by atoms with Crippen LogP contribution in [-0.4, -0.2) is 54.8 Å². The van der Waals surface area contributed by atoms with Gasteiger partial charge in [-0.15, -0.1) is 0 Å². The fraction of sp³-hybridized carbons (Fsp3) is 0.538. The standard InChI is InChI=1S/C13H19NO6/c1-4-14(5-2)13(18)10(15)9-20-12(17)8-7-11(16)19-6-3/h7-8H,4-6,9H2,1-3H3/b8-7+. The topological polar surface area (TPSA) is 90.0 Å². The molecule has 0 saturated heterocycles. The third-order valence-corrected chi connectivity index (χ3v) is 2.28. The molecular weight excluding hydrogens is 266 g/mol. The van der Waals surface area contributed by atoms with Crippen molar-refractivity contribution in [2.45, 2.75) is 20.8 Å². The summed E-state index contributed by atoms with van der Waals surface area (Å²) in [6, 6.07) is 0. The quantitative estimate of drug-likeness (QED) is 0.356. The van der Waals surface area contributed by atoms with Gasteiger partial charge in [-0.2, -0.15) is 0 Å². The van der Waals surface area contributed by atoms with Crippen molar-refractivity contribution < 1.29 is 28.7 Å². The lowest BCUT2D eigenvalue weighted by molar-refractivity contribution is -0.151. The molecule has 0 heterocycles. The van der Waals surface area contributed by atoms with Gasteiger partial charge in [-0.05, 0) is 20.8 Å². The first-order valence-corrected chi connectivity index (χ1v) is 6.29. The van der Waals surface area contributed by atoms with E-state index in [0.29, 0.717) is 13.1 Å². The zero-order valence-corrected chi connectivity index (χ0v) is 11.9.